The SMILES string of the molecule is O=S(=O)(O)C(=C(Nc1ncnc(Nc2ccccc2)n1)c1ccccc1Nc1ncnc(Nc2ccccc2)n1)c1ccccc1. The molecule has 0 aliphatic rings. The van der Waals surface area contributed by atoms with E-state index in [4.69, 9.17) is 0 Å². The number of nitrogens with one attached hydrogen (secondary N) is 4. The van der Waals surface area contributed by atoms with Crippen molar-refractivity contribution in [1.82, 2.24) is 29.9 Å². The monoisotopic (exact) mass is 630 g/mol. The predicted octanol–water partition coefficient (Wildman–Crippen LogP) is 6.11. The Morgan fingerprint density at radius 3 is 1.57 bits per heavy atom. The van der Waals surface area contributed by atoms with E-state index in [0.29, 0.717) is 17.2 Å². The zero-order valence-electron chi connectivity index (χ0n) is 24.0. The zero-order valence-corrected chi connectivity index (χ0v) is 24.8. The van der Waals surface area contributed by atoms with Gasteiger partial charge < -0.3 is 21.3 Å². The Morgan fingerprint density at radius 1 is 0.543 bits per heavy atom. The highest BCUT2D eigenvalue weighted by molar-refractivity contribution is 7.95. The molecule has 0 unspecified atom stereocenters. The molecule has 0 saturated carbocycles. The third-order valence-electron chi connectivity index (χ3n) is 6.40. The molecular weight excluding hydrogens is 604 g/mol. The number of rotatable bonds is 11. The average Bonchev–Trinajstić information content (AvgIpc) is 3.06. The Labute approximate surface area is 264 Å². The van der Waals surface area contributed by atoms with Crippen LogP contribution in [-0.2, 0) is 10.1 Å². The van der Waals surface area contributed by atoms with Crippen molar-refractivity contribution in [3.05, 3.63) is 139 Å². The highest BCUT2D eigenvalue weighted by atomic mass is 32.2. The van der Waals surface area contributed by atoms with Crippen LogP contribution in [0.2, 0.25) is 0 Å². The molecule has 4 aromatic carbocycles. The van der Waals surface area contributed by atoms with Crippen molar-refractivity contribution < 1.29 is 13.0 Å². The number of para-hydroxylation sites is 3. The first kappa shape index (κ1) is 29.8. The molecule has 46 heavy (non-hydrogen) atoms. The van der Waals surface area contributed by atoms with Crippen LogP contribution in [0.4, 0.5) is 40.9 Å². The van der Waals surface area contributed by atoms with Gasteiger partial charge in [-0.05, 0) is 35.9 Å². The van der Waals surface area contributed by atoms with Gasteiger partial charge in [-0.3, -0.25) is 4.55 Å². The van der Waals surface area contributed by atoms with Crippen LogP contribution in [0.15, 0.2) is 128 Å². The van der Waals surface area contributed by atoms with Crippen molar-refractivity contribution in [2.75, 3.05) is 21.3 Å². The summed E-state index contributed by atoms with van der Waals surface area (Å²) in [6, 6.07) is 33.8. The van der Waals surface area contributed by atoms with Crippen LogP contribution in [0.5, 0.6) is 0 Å². The maximum absolute atomic E-state index is 13.1. The second-order valence-electron chi connectivity index (χ2n) is 9.59. The largest absolute Gasteiger partial charge is 0.324 e. The highest BCUT2D eigenvalue weighted by Crippen LogP contribution is 2.35. The van der Waals surface area contributed by atoms with Crippen molar-refractivity contribution in [3.63, 3.8) is 0 Å². The quantitative estimate of drug-likeness (QED) is 0.0818. The van der Waals surface area contributed by atoms with Gasteiger partial charge in [-0.2, -0.15) is 18.4 Å². The Balaban J connectivity index is 1.43. The van der Waals surface area contributed by atoms with Crippen LogP contribution in [0.1, 0.15) is 11.1 Å². The number of aromatic nitrogens is 6. The summed E-state index contributed by atoms with van der Waals surface area (Å²) in [7, 11) is -4.82. The number of hydrogen-bond donors (Lipinski definition) is 5. The van der Waals surface area contributed by atoms with Gasteiger partial charge in [0, 0.05) is 16.9 Å². The molecule has 0 amide bonds. The molecule has 0 atom stereocenters. The Morgan fingerprint density at radius 2 is 1.00 bits per heavy atom. The third-order valence-corrected chi connectivity index (χ3v) is 7.36. The van der Waals surface area contributed by atoms with Gasteiger partial charge in [0.2, 0.25) is 23.8 Å². The standard InChI is InChI=1S/C32H26N10O3S/c43-46(44,45)28(22-12-4-1-5-13-22)27(40-32-36-21-34-30(42-32)38-24-16-8-3-9-17-24)25-18-10-11-19-26(25)39-31-35-20-33-29(41-31)37-23-14-6-2-7-15-23/h1-21H,(H,43,44,45)(H2,33,35,37,39,41)(H2,34,36,38,40,42). The van der Waals surface area contributed by atoms with Gasteiger partial charge in [0.25, 0.3) is 10.1 Å². The van der Waals surface area contributed by atoms with Gasteiger partial charge in [0.05, 0.1) is 11.4 Å². The van der Waals surface area contributed by atoms with Gasteiger partial charge in [-0.15, -0.1) is 0 Å². The summed E-state index contributed by atoms with van der Waals surface area (Å²) in [5.41, 5.74) is 2.50. The topological polar surface area (TPSA) is 180 Å². The maximum atomic E-state index is 13.1. The van der Waals surface area contributed by atoms with E-state index in [1.165, 1.54) is 12.7 Å². The normalized spacial score (nSPS) is 11.7. The average molecular weight is 631 g/mol. The number of anilines is 7. The maximum Gasteiger partial charge on any atom is 0.297 e. The molecule has 0 fully saturated rings. The zero-order chi connectivity index (χ0) is 31.8. The lowest BCUT2D eigenvalue weighted by Gasteiger charge is -2.19. The first-order chi connectivity index (χ1) is 22.4. The van der Waals surface area contributed by atoms with E-state index >= 15 is 0 Å². The van der Waals surface area contributed by atoms with E-state index in [1.54, 1.807) is 54.6 Å². The van der Waals surface area contributed by atoms with E-state index in [2.05, 4.69) is 51.2 Å². The molecule has 0 saturated heterocycles. The van der Waals surface area contributed by atoms with Crippen molar-refractivity contribution >= 4 is 61.6 Å². The molecule has 14 heteroatoms. The molecule has 0 aliphatic carbocycles. The second kappa shape index (κ2) is 13.6. The van der Waals surface area contributed by atoms with Crippen LogP contribution >= 0.6 is 0 Å². The van der Waals surface area contributed by atoms with Gasteiger partial charge in [-0.25, -0.2) is 19.9 Å². The van der Waals surface area contributed by atoms with E-state index in [-0.39, 0.29) is 29.1 Å². The molecule has 6 aromatic rings. The fourth-order valence-electron chi connectivity index (χ4n) is 4.44. The fraction of sp³-hybridized carbons (Fsp3) is 0. The summed E-state index contributed by atoms with van der Waals surface area (Å²) in [4.78, 5) is 25.3. The summed E-state index contributed by atoms with van der Waals surface area (Å²) in [6.07, 6.45) is 2.63. The molecule has 2 heterocycles. The molecule has 13 nitrogen and oxygen atoms in total. The van der Waals surface area contributed by atoms with E-state index < -0.39 is 15.0 Å². The smallest absolute Gasteiger partial charge is 0.297 e. The predicted molar refractivity (Wildman–Crippen MR) is 177 cm³/mol. The van der Waals surface area contributed by atoms with Gasteiger partial charge in [0.15, 0.2) is 0 Å². The molecule has 6 rings (SSSR count). The van der Waals surface area contributed by atoms with Crippen molar-refractivity contribution in [2.24, 2.45) is 0 Å². The number of nitrogens with zero attached hydrogens (tertiary/aromatic N) is 6. The van der Waals surface area contributed by atoms with Crippen molar-refractivity contribution in [3.8, 4) is 0 Å². The summed E-state index contributed by atoms with van der Waals surface area (Å²) in [6.45, 7) is 0. The van der Waals surface area contributed by atoms with E-state index in [1.807, 2.05) is 60.7 Å². The third kappa shape index (κ3) is 7.45. The molecule has 0 radical (unpaired) electrons. The van der Waals surface area contributed by atoms with Gasteiger partial charge in [-0.1, -0.05) is 84.9 Å². The second-order valence-corrected chi connectivity index (χ2v) is 10.9. The lowest BCUT2D eigenvalue weighted by molar-refractivity contribution is 0.496. The minimum absolute atomic E-state index is 0.00893. The first-order valence-corrected chi connectivity index (χ1v) is 15.3. The highest BCUT2D eigenvalue weighted by Gasteiger charge is 2.26. The Hall–Kier alpha value is -6.25. The lowest BCUT2D eigenvalue weighted by atomic mass is 10.1. The molecule has 0 bridgehead atoms. The molecule has 5 N–H and O–H groups in total. The molecule has 0 aliphatic heterocycles. The van der Waals surface area contributed by atoms with Crippen molar-refractivity contribution in [1.29, 1.82) is 0 Å². The van der Waals surface area contributed by atoms with Crippen LogP contribution in [-0.4, -0.2) is 42.9 Å². The fourth-order valence-corrected chi connectivity index (χ4v) is 5.29. The minimum Gasteiger partial charge on any atom is -0.324 e. The number of hydrogen-bond acceptors (Lipinski definition) is 12. The van der Waals surface area contributed by atoms with Crippen LogP contribution < -0.4 is 21.3 Å². The lowest BCUT2D eigenvalue weighted by Crippen LogP contribution is -2.13. The summed E-state index contributed by atoms with van der Waals surface area (Å²) in [5.74, 6) is 0.709. The molecule has 228 valence electrons. The molecule has 0 spiro atoms. The first-order valence-electron chi connectivity index (χ1n) is 13.9. The molecular formula is C32H26N10O3S. The number of benzene rings is 4. The van der Waals surface area contributed by atoms with Gasteiger partial charge >= 0.3 is 0 Å². The van der Waals surface area contributed by atoms with Crippen LogP contribution in [0.25, 0.3) is 10.6 Å². The van der Waals surface area contributed by atoms with Crippen molar-refractivity contribution in [2.45, 2.75) is 0 Å². The summed E-state index contributed by atoms with van der Waals surface area (Å²) < 4.78 is 36.7. The Bertz CT molecular complexity index is 2080. The van der Waals surface area contributed by atoms with Crippen LogP contribution in [0, 0.1) is 0 Å². The minimum atomic E-state index is -4.82. The molecule has 2 aromatic heterocycles. The van der Waals surface area contributed by atoms with E-state index in [9.17, 15) is 13.0 Å². The Kier molecular flexibility index (Phi) is 8.80. The summed E-state index contributed by atoms with van der Waals surface area (Å²) >= 11 is 0. The van der Waals surface area contributed by atoms with Gasteiger partial charge in [0.1, 0.15) is 17.6 Å². The van der Waals surface area contributed by atoms with E-state index in [0.717, 1.165) is 11.4 Å². The van der Waals surface area contributed by atoms with Crippen LogP contribution in [0.3, 0.4) is 0 Å². The summed E-state index contributed by atoms with van der Waals surface area (Å²) in [5, 5.41) is 12.4.